The van der Waals surface area contributed by atoms with E-state index in [1.165, 1.54) is 16.8 Å². The lowest BCUT2D eigenvalue weighted by molar-refractivity contribution is 0.584. The van der Waals surface area contributed by atoms with E-state index >= 15 is 0 Å². The number of benzene rings is 1. The molecule has 0 aliphatic carbocycles. The van der Waals surface area contributed by atoms with Crippen molar-refractivity contribution in [2.24, 2.45) is 7.05 Å². The summed E-state index contributed by atoms with van der Waals surface area (Å²) in [5, 5.41) is 4.02. The molecule has 15 heavy (non-hydrogen) atoms. The molecule has 0 radical (unpaired) electrons. The Balaban J connectivity index is 2.53. The van der Waals surface area contributed by atoms with E-state index in [-0.39, 0.29) is 0 Å². The van der Waals surface area contributed by atoms with Crippen LogP contribution >= 0.6 is 0 Å². The third kappa shape index (κ3) is 1.81. The van der Waals surface area contributed by atoms with Crippen LogP contribution in [-0.2, 0) is 7.05 Å². The van der Waals surface area contributed by atoms with Gasteiger partial charge in [-0.25, -0.2) is 8.78 Å². The van der Waals surface area contributed by atoms with E-state index in [0.29, 0.717) is 17.1 Å². The molecule has 2 N–H and O–H groups in total. The number of hydrogen-bond donors (Lipinski definition) is 1. The molecule has 2 rings (SSSR count). The first-order valence-electron chi connectivity index (χ1n) is 4.32. The molecule has 0 bridgehead atoms. The minimum Gasteiger partial charge on any atom is -0.384 e. The van der Waals surface area contributed by atoms with Crippen LogP contribution in [0.1, 0.15) is 0 Å². The van der Waals surface area contributed by atoms with Crippen LogP contribution in [0.3, 0.4) is 0 Å². The highest BCUT2D eigenvalue weighted by Gasteiger charge is 2.07. The van der Waals surface area contributed by atoms with Gasteiger partial charge in [-0.2, -0.15) is 5.10 Å². The predicted molar refractivity (Wildman–Crippen MR) is 53.0 cm³/mol. The smallest absolute Gasteiger partial charge is 0.126 e. The maximum absolute atomic E-state index is 12.9. The van der Waals surface area contributed by atoms with Crippen molar-refractivity contribution in [2.75, 3.05) is 5.73 Å². The SMILES string of the molecule is Cn1nc(-c2cc(F)cc(F)c2)cc1N. The number of hydrogen-bond acceptors (Lipinski definition) is 2. The molecule has 0 atom stereocenters. The topological polar surface area (TPSA) is 43.8 Å². The van der Waals surface area contributed by atoms with Crippen molar-refractivity contribution in [3.05, 3.63) is 35.9 Å². The van der Waals surface area contributed by atoms with Gasteiger partial charge in [0.25, 0.3) is 0 Å². The number of anilines is 1. The Hall–Kier alpha value is -1.91. The molecule has 2 aromatic rings. The first-order valence-corrected chi connectivity index (χ1v) is 4.32. The van der Waals surface area contributed by atoms with Crippen LogP contribution < -0.4 is 5.73 Å². The summed E-state index contributed by atoms with van der Waals surface area (Å²) in [7, 11) is 1.66. The molecular formula is C10H9F2N3. The molecular weight excluding hydrogens is 200 g/mol. The van der Waals surface area contributed by atoms with Crippen LogP contribution in [0.4, 0.5) is 14.6 Å². The van der Waals surface area contributed by atoms with Crippen LogP contribution in [0.25, 0.3) is 11.3 Å². The van der Waals surface area contributed by atoms with Gasteiger partial charge < -0.3 is 5.73 Å². The van der Waals surface area contributed by atoms with Gasteiger partial charge in [-0.3, -0.25) is 4.68 Å². The Kier molecular flexibility index (Phi) is 2.15. The average molecular weight is 209 g/mol. The summed E-state index contributed by atoms with van der Waals surface area (Å²) in [6, 6.07) is 4.81. The van der Waals surface area contributed by atoms with Crippen LogP contribution in [0.2, 0.25) is 0 Å². The van der Waals surface area contributed by atoms with Crippen LogP contribution in [0, 0.1) is 11.6 Å². The summed E-state index contributed by atoms with van der Waals surface area (Å²) in [4.78, 5) is 0. The Morgan fingerprint density at radius 3 is 2.20 bits per heavy atom. The highest BCUT2D eigenvalue weighted by Crippen LogP contribution is 2.21. The van der Waals surface area contributed by atoms with Gasteiger partial charge in [-0.05, 0) is 12.1 Å². The lowest BCUT2D eigenvalue weighted by Crippen LogP contribution is -1.96. The largest absolute Gasteiger partial charge is 0.384 e. The average Bonchev–Trinajstić information content (AvgIpc) is 2.45. The number of halogens is 2. The molecule has 78 valence electrons. The molecule has 0 fully saturated rings. The second kappa shape index (κ2) is 3.34. The van der Waals surface area contributed by atoms with Gasteiger partial charge in [0, 0.05) is 24.7 Å². The van der Waals surface area contributed by atoms with E-state index < -0.39 is 11.6 Å². The van der Waals surface area contributed by atoms with E-state index in [1.54, 1.807) is 13.1 Å². The molecule has 1 aromatic heterocycles. The molecule has 0 saturated heterocycles. The van der Waals surface area contributed by atoms with Gasteiger partial charge in [0.1, 0.15) is 17.5 Å². The van der Waals surface area contributed by atoms with Gasteiger partial charge in [0.05, 0.1) is 5.69 Å². The Labute approximate surface area is 85.1 Å². The van der Waals surface area contributed by atoms with E-state index in [2.05, 4.69) is 5.10 Å². The first-order chi connectivity index (χ1) is 7.06. The molecule has 0 aliphatic heterocycles. The summed E-state index contributed by atoms with van der Waals surface area (Å²) in [6.07, 6.45) is 0. The second-order valence-electron chi connectivity index (χ2n) is 3.24. The number of nitrogens with zero attached hydrogens (tertiary/aromatic N) is 2. The van der Waals surface area contributed by atoms with Gasteiger partial charge in [-0.15, -0.1) is 0 Å². The minimum absolute atomic E-state index is 0.375. The van der Waals surface area contributed by atoms with Crippen molar-refractivity contribution in [3.63, 3.8) is 0 Å². The molecule has 0 unspecified atom stereocenters. The predicted octanol–water partition coefficient (Wildman–Crippen LogP) is 1.95. The lowest BCUT2D eigenvalue weighted by Gasteiger charge is -1.97. The quantitative estimate of drug-likeness (QED) is 0.780. The van der Waals surface area contributed by atoms with Gasteiger partial charge in [-0.1, -0.05) is 0 Å². The molecule has 0 spiro atoms. The van der Waals surface area contributed by atoms with Crippen LogP contribution in [-0.4, -0.2) is 9.78 Å². The van der Waals surface area contributed by atoms with E-state index in [4.69, 9.17) is 5.73 Å². The maximum Gasteiger partial charge on any atom is 0.126 e. The van der Waals surface area contributed by atoms with E-state index in [0.717, 1.165) is 6.07 Å². The zero-order valence-corrected chi connectivity index (χ0v) is 8.04. The molecule has 1 aromatic carbocycles. The number of rotatable bonds is 1. The normalized spacial score (nSPS) is 10.6. The molecule has 0 aliphatic rings. The molecule has 5 heteroatoms. The van der Waals surface area contributed by atoms with E-state index in [9.17, 15) is 8.78 Å². The standard InChI is InChI=1S/C10H9F2N3/c1-15-10(13)5-9(14-15)6-2-7(11)4-8(12)3-6/h2-5H,13H2,1H3. The van der Waals surface area contributed by atoms with Crippen molar-refractivity contribution >= 4 is 5.82 Å². The van der Waals surface area contributed by atoms with Crippen molar-refractivity contribution in [1.29, 1.82) is 0 Å². The fraction of sp³-hybridized carbons (Fsp3) is 0.100. The lowest BCUT2D eigenvalue weighted by atomic mass is 10.1. The zero-order chi connectivity index (χ0) is 11.0. The van der Waals surface area contributed by atoms with Gasteiger partial charge >= 0.3 is 0 Å². The third-order valence-electron chi connectivity index (χ3n) is 2.07. The third-order valence-corrected chi connectivity index (χ3v) is 2.07. The summed E-state index contributed by atoms with van der Waals surface area (Å²) in [6.45, 7) is 0. The maximum atomic E-state index is 12.9. The minimum atomic E-state index is -0.630. The Morgan fingerprint density at radius 2 is 1.73 bits per heavy atom. The fourth-order valence-electron chi connectivity index (χ4n) is 1.32. The summed E-state index contributed by atoms with van der Waals surface area (Å²) >= 11 is 0. The molecule has 3 nitrogen and oxygen atoms in total. The van der Waals surface area contributed by atoms with Gasteiger partial charge in [0.15, 0.2) is 0 Å². The number of aromatic nitrogens is 2. The van der Waals surface area contributed by atoms with Crippen LogP contribution in [0.15, 0.2) is 24.3 Å². The highest BCUT2D eigenvalue weighted by atomic mass is 19.1. The molecule has 0 saturated carbocycles. The van der Waals surface area contributed by atoms with Crippen molar-refractivity contribution in [1.82, 2.24) is 9.78 Å². The van der Waals surface area contributed by atoms with Crippen molar-refractivity contribution < 1.29 is 8.78 Å². The number of nitrogens with two attached hydrogens (primary N) is 1. The summed E-state index contributed by atoms with van der Waals surface area (Å²) in [5.74, 6) is -0.821. The van der Waals surface area contributed by atoms with E-state index in [1.807, 2.05) is 0 Å². The van der Waals surface area contributed by atoms with Crippen LogP contribution in [0.5, 0.6) is 0 Å². The summed E-state index contributed by atoms with van der Waals surface area (Å²) < 4.78 is 27.3. The Bertz CT molecular complexity index is 466. The second-order valence-corrected chi connectivity index (χ2v) is 3.24. The summed E-state index contributed by atoms with van der Waals surface area (Å²) in [5.41, 5.74) is 6.39. The number of aryl methyl sites for hydroxylation is 1. The monoisotopic (exact) mass is 209 g/mol. The number of nitrogen functional groups attached to an aromatic ring is 1. The van der Waals surface area contributed by atoms with Gasteiger partial charge in [0.2, 0.25) is 0 Å². The first kappa shape index (κ1) is 9.64. The fourth-order valence-corrected chi connectivity index (χ4v) is 1.32. The zero-order valence-electron chi connectivity index (χ0n) is 8.04. The highest BCUT2D eigenvalue weighted by molar-refractivity contribution is 5.62. The molecule has 1 heterocycles. The van der Waals surface area contributed by atoms with Crippen molar-refractivity contribution in [2.45, 2.75) is 0 Å². The van der Waals surface area contributed by atoms with Crippen molar-refractivity contribution in [3.8, 4) is 11.3 Å². The Morgan fingerprint density at radius 1 is 1.13 bits per heavy atom. The molecule has 0 amide bonds.